The minimum Gasteiger partial charge on any atom is -0.393 e. The number of amides is 1. The van der Waals surface area contributed by atoms with Gasteiger partial charge in [0, 0.05) is 19.5 Å². The molecule has 2 N–H and O–H groups in total. The van der Waals surface area contributed by atoms with Crippen molar-refractivity contribution >= 4 is 46.3 Å². The molecule has 1 unspecified atom stereocenters. The molecule has 0 aliphatic rings. The highest BCUT2D eigenvalue weighted by Crippen LogP contribution is 2.23. The van der Waals surface area contributed by atoms with Crippen LogP contribution in [-0.4, -0.2) is 29.4 Å². The second-order valence-corrected chi connectivity index (χ2v) is 5.79. The third-order valence-corrected chi connectivity index (χ3v) is 3.94. The van der Waals surface area contributed by atoms with E-state index >= 15 is 0 Å². The first kappa shape index (κ1) is 16.2. The van der Waals surface area contributed by atoms with Crippen molar-refractivity contribution in [2.24, 2.45) is 11.7 Å². The molecule has 19 heavy (non-hydrogen) atoms. The lowest BCUT2D eigenvalue weighted by atomic mass is 10.1. The van der Waals surface area contributed by atoms with E-state index in [1.165, 1.54) is 0 Å². The summed E-state index contributed by atoms with van der Waals surface area (Å²) in [4.78, 5) is 14.1. The fraction of sp³-hybridized carbons (Fsp3) is 0.385. The predicted octanol–water partition coefficient (Wildman–Crippen LogP) is 2.92. The van der Waals surface area contributed by atoms with Crippen LogP contribution in [0.3, 0.4) is 0 Å². The number of thiocarbonyl (C=S) groups is 1. The van der Waals surface area contributed by atoms with Gasteiger partial charge in [-0.3, -0.25) is 4.79 Å². The van der Waals surface area contributed by atoms with Crippen molar-refractivity contribution in [1.29, 1.82) is 0 Å². The summed E-state index contributed by atoms with van der Waals surface area (Å²) in [6.45, 7) is 2.40. The van der Waals surface area contributed by atoms with E-state index in [9.17, 15) is 4.79 Å². The molecule has 104 valence electrons. The third kappa shape index (κ3) is 4.97. The molecular formula is C13H16Cl2N2OS. The number of nitrogens with zero attached hydrogens (tertiary/aromatic N) is 1. The quantitative estimate of drug-likeness (QED) is 0.849. The molecular weight excluding hydrogens is 303 g/mol. The Kier molecular flexibility index (Phi) is 6.04. The predicted molar refractivity (Wildman–Crippen MR) is 83.8 cm³/mol. The Bertz CT molecular complexity index is 494. The number of hydrogen-bond acceptors (Lipinski definition) is 2. The second-order valence-electron chi connectivity index (χ2n) is 4.50. The lowest BCUT2D eigenvalue weighted by molar-refractivity contribution is -0.129. The lowest BCUT2D eigenvalue weighted by Gasteiger charge is -2.21. The number of hydrogen-bond donors (Lipinski definition) is 1. The summed E-state index contributed by atoms with van der Waals surface area (Å²) in [5, 5.41) is 0.930. The first-order valence-corrected chi connectivity index (χ1v) is 6.95. The van der Waals surface area contributed by atoms with E-state index in [0.717, 1.165) is 5.56 Å². The summed E-state index contributed by atoms with van der Waals surface area (Å²) in [6, 6.07) is 5.17. The first-order chi connectivity index (χ1) is 8.81. The fourth-order valence-corrected chi connectivity index (χ4v) is 1.96. The maximum atomic E-state index is 12.0. The molecule has 0 fully saturated rings. The van der Waals surface area contributed by atoms with Crippen LogP contribution in [0.2, 0.25) is 10.0 Å². The number of nitrogens with two attached hydrogens (primary N) is 1. The van der Waals surface area contributed by atoms with Crippen molar-refractivity contribution in [3.05, 3.63) is 33.8 Å². The normalized spacial score (nSPS) is 12.0. The average molecular weight is 319 g/mol. The van der Waals surface area contributed by atoms with Gasteiger partial charge < -0.3 is 10.6 Å². The molecule has 6 heteroatoms. The zero-order chi connectivity index (χ0) is 14.6. The van der Waals surface area contributed by atoms with E-state index in [4.69, 9.17) is 41.2 Å². The monoisotopic (exact) mass is 318 g/mol. The van der Waals surface area contributed by atoms with Gasteiger partial charge in [0.15, 0.2) is 0 Å². The Morgan fingerprint density at radius 3 is 2.58 bits per heavy atom. The van der Waals surface area contributed by atoms with Gasteiger partial charge in [-0.25, -0.2) is 0 Å². The maximum absolute atomic E-state index is 12.0. The van der Waals surface area contributed by atoms with Gasteiger partial charge in [-0.05, 0) is 17.7 Å². The Hall–Kier alpha value is -0.840. The highest BCUT2D eigenvalue weighted by Gasteiger charge is 2.14. The fourth-order valence-electron chi connectivity index (χ4n) is 1.56. The number of rotatable bonds is 5. The molecule has 0 aromatic heterocycles. The average Bonchev–Trinajstić information content (AvgIpc) is 2.33. The zero-order valence-electron chi connectivity index (χ0n) is 10.8. The van der Waals surface area contributed by atoms with Crippen LogP contribution in [0.15, 0.2) is 18.2 Å². The summed E-state index contributed by atoms with van der Waals surface area (Å²) in [6.07, 6.45) is 0.275. The molecule has 0 radical (unpaired) electrons. The Labute approximate surface area is 128 Å². The lowest BCUT2D eigenvalue weighted by Crippen LogP contribution is -2.36. The van der Waals surface area contributed by atoms with Crippen LogP contribution < -0.4 is 5.73 Å². The Balaban J connectivity index is 2.63. The molecule has 0 spiro atoms. The number of carbonyl (C=O) groups is 1. The van der Waals surface area contributed by atoms with E-state index in [2.05, 4.69) is 0 Å². The van der Waals surface area contributed by atoms with Gasteiger partial charge in [0.1, 0.15) is 0 Å². The molecule has 3 nitrogen and oxygen atoms in total. The smallest absolute Gasteiger partial charge is 0.226 e. The van der Waals surface area contributed by atoms with Crippen molar-refractivity contribution in [2.45, 2.75) is 13.3 Å². The van der Waals surface area contributed by atoms with Crippen molar-refractivity contribution in [1.82, 2.24) is 4.90 Å². The summed E-state index contributed by atoms with van der Waals surface area (Å²) in [7, 11) is 1.73. The van der Waals surface area contributed by atoms with Gasteiger partial charge in [0.05, 0.1) is 21.5 Å². The van der Waals surface area contributed by atoms with Gasteiger partial charge in [0.2, 0.25) is 5.91 Å². The summed E-state index contributed by atoms with van der Waals surface area (Å²) >= 11 is 16.6. The maximum Gasteiger partial charge on any atom is 0.226 e. The van der Waals surface area contributed by atoms with Gasteiger partial charge in [-0.2, -0.15) is 0 Å². The molecule has 0 heterocycles. The van der Waals surface area contributed by atoms with Gasteiger partial charge in [-0.1, -0.05) is 48.4 Å². The largest absolute Gasteiger partial charge is 0.393 e. The summed E-state index contributed by atoms with van der Waals surface area (Å²) < 4.78 is 0. The highest BCUT2D eigenvalue weighted by atomic mass is 35.5. The van der Waals surface area contributed by atoms with Crippen molar-refractivity contribution in [3.63, 3.8) is 0 Å². The molecule has 1 aromatic rings. The van der Waals surface area contributed by atoms with E-state index < -0.39 is 0 Å². The van der Waals surface area contributed by atoms with Crippen LogP contribution in [0, 0.1) is 5.92 Å². The van der Waals surface area contributed by atoms with Crippen molar-refractivity contribution in [3.8, 4) is 0 Å². The summed E-state index contributed by atoms with van der Waals surface area (Å²) in [5.41, 5.74) is 6.36. The van der Waals surface area contributed by atoms with E-state index in [1.54, 1.807) is 30.1 Å². The van der Waals surface area contributed by atoms with Crippen LogP contribution in [0.4, 0.5) is 0 Å². The van der Waals surface area contributed by atoms with Gasteiger partial charge in [-0.15, -0.1) is 0 Å². The molecule has 0 aliphatic carbocycles. The van der Waals surface area contributed by atoms with E-state index in [1.807, 2.05) is 6.92 Å². The minimum absolute atomic E-state index is 0.00208. The molecule has 0 saturated carbocycles. The number of halogens is 2. The Morgan fingerprint density at radius 1 is 1.42 bits per heavy atom. The highest BCUT2D eigenvalue weighted by molar-refractivity contribution is 7.80. The molecule has 1 aromatic carbocycles. The van der Waals surface area contributed by atoms with Gasteiger partial charge in [0.25, 0.3) is 0 Å². The standard InChI is InChI=1S/C13H16Cl2N2OS/c1-8(13(16)19)7-17(2)12(18)6-9-3-4-10(14)11(15)5-9/h3-5,8H,6-7H2,1-2H3,(H2,16,19). The van der Waals surface area contributed by atoms with Crippen LogP contribution in [-0.2, 0) is 11.2 Å². The topological polar surface area (TPSA) is 46.3 Å². The molecule has 0 bridgehead atoms. The first-order valence-electron chi connectivity index (χ1n) is 5.78. The SMILES string of the molecule is CC(CN(C)C(=O)Cc1ccc(Cl)c(Cl)c1)C(N)=S. The second kappa shape index (κ2) is 7.08. The molecule has 1 atom stereocenters. The van der Waals surface area contributed by atoms with Crippen LogP contribution in [0.5, 0.6) is 0 Å². The van der Waals surface area contributed by atoms with E-state index in [0.29, 0.717) is 21.6 Å². The molecule has 1 amide bonds. The molecule has 0 saturated heterocycles. The summed E-state index contributed by atoms with van der Waals surface area (Å²) in [5.74, 6) is -0.0146. The van der Waals surface area contributed by atoms with Crippen LogP contribution in [0.25, 0.3) is 0 Å². The van der Waals surface area contributed by atoms with Crippen LogP contribution in [0.1, 0.15) is 12.5 Å². The van der Waals surface area contributed by atoms with Gasteiger partial charge >= 0.3 is 0 Å². The Morgan fingerprint density at radius 2 is 2.05 bits per heavy atom. The third-order valence-electron chi connectivity index (χ3n) is 2.80. The molecule has 0 aliphatic heterocycles. The minimum atomic E-state index is -0.0125. The number of likely N-dealkylation sites (N-methyl/N-ethyl adjacent to an activating group) is 1. The van der Waals surface area contributed by atoms with Crippen molar-refractivity contribution in [2.75, 3.05) is 13.6 Å². The zero-order valence-corrected chi connectivity index (χ0v) is 13.1. The molecule has 1 rings (SSSR count). The number of carbonyl (C=O) groups excluding carboxylic acids is 1. The number of benzene rings is 1. The van der Waals surface area contributed by atoms with Crippen LogP contribution >= 0.6 is 35.4 Å². The van der Waals surface area contributed by atoms with Crippen molar-refractivity contribution < 1.29 is 4.79 Å². The van der Waals surface area contributed by atoms with E-state index in [-0.39, 0.29) is 18.2 Å².